The molecule has 0 N–H and O–H groups in total. The summed E-state index contributed by atoms with van der Waals surface area (Å²) in [6, 6.07) is 57.0. The van der Waals surface area contributed by atoms with Gasteiger partial charge in [0.1, 0.15) is 35.5 Å². The predicted molar refractivity (Wildman–Crippen MR) is 333 cm³/mol. The molecule has 0 saturated carbocycles. The summed E-state index contributed by atoms with van der Waals surface area (Å²) < 4.78 is 105. The van der Waals surface area contributed by atoms with Crippen LogP contribution in [0.3, 0.4) is 0 Å². The lowest BCUT2D eigenvalue weighted by Crippen LogP contribution is -2.25. The molecule has 13 rings (SSSR count). The highest BCUT2D eigenvalue weighted by atomic mass is 16.5. The van der Waals surface area contributed by atoms with Crippen molar-refractivity contribution in [1.82, 2.24) is 9.55 Å². The number of benzene rings is 10. The Hall–Kier alpha value is -9.65. The zero-order valence-electron chi connectivity index (χ0n) is 55.3. The number of hydrogen-bond donors (Lipinski definition) is 0. The first-order chi connectivity index (χ1) is 43.1. The molecule has 0 aliphatic carbocycles. The monoisotopic (exact) mass is 1050 g/mol. The minimum Gasteiger partial charge on any atom is -0.457 e. The third kappa shape index (κ3) is 9.43. The van der Waals surface area contributed by atoms with E-state index in [1.165, 1.54) is 5.56 Å². The van der Waals surface area contributed by atoms with Gasteiger partial charge in [0.15, 0.2) is 0 Å². The Morgan fingerprint density at radius 3 is 1.60 bits per heavy atom. The van der Waals surface area contributed by atoms with E-state index < -0.39 is 60.4 Å². The van der Waals surface area contributed by atoms with Crippen molar-refractivity contribution in [2.45, 2.75) is 52.4 Å². The summed E-state index contributed by atoms with van der Waals surface area (Å²) in [4.78, 5) is 9.03. The summed E-state index contributed by atoms with van der Waals surface area (Å²) in [7, 11) is 0. The van der Waals surface area contributed by atoms with Gasteiger partial charge in [0.25, 0.3) is 0 Å². The summed E-state index contributed by atoms with van der Waals surface area (Å²) >= 11 is 0. The van der Waals surface area contributed by atoms with E-state index >= 15 is 0 Å². The van der Waals surface area contributed by atoms with Gasteiger partial charge in [-0.3, -0.25) is 4.57 Å². The number of rotatable bonds is 11. The third-order valence-corrected chi connectivity index (χ3v) is 14.8. The number of anilines is 4. The summed E-state index contributed by atoms with van der Waals surface area (Å²) in [6.07, 6.45) is 1.78. The Labute approximate surface area is 483 Å². The maximum Gasteiger partial charge on any atom is 0.143 e. The van der Waals surface area contributed by atoms with Gasteiger partial charge in [-0.2, -0.15) is 0 Å². The van der Waals surface area contributed by atoms with Crippen LogP contribution in [-0.4, -0.2) is 16.2 Å². The molecule has 0 amide bonds. The average Bonchev–Trinajstić information content (AvgIpc) is 1.29. The lowest BCUT2D eigenvalue weighted by molar-refractivity contribution is 0.479. The molecular weight excluding hydrogens is 977 g/mol. The van der Waals surface area contributed by atoms with Crippen LogP contribution in [0.4, 0.5) is 22.7 Å². The highest BCUT2D eigenvalue weighted by Crippen LogP contribution is 2.52. The number of ether oxygens (including phenoxy) is 2. The maximum atomic E-state index is 9.19. The first kappa shape index (κ1) is 39.7. The predicted octanol–water partition coefficient (Wildman–Crippen LogP) is 20.3. The van der Waals surface area contributed by atoms with Gasteiger partial charge in [-0.25, -0.2) is 4.98 Å². The second-order valence-electron chi connectivity index (χ2n) is 22.1. The SMILES string of the molecule is [2H]c1c([2H])c([2H])c(-c2cccc(-c3c([2H])c([2H])c([2H])c([2H])c3[2H])c2N2CN(c3cc(Oc4ccc5c6ccccc6n(-c6cc(Oc7c(-c8ccccc8)cc(C(C)(C)C)cc7-c7ccccc7)ccn6)c5c4)cc(C(C)(C)C)c3)c3ccccc32)c([2H])c1[2H]. The smallest absolute Gasteiger partial charge is 0.143 e. The van der Waals surface area contributed by atoms with E-state index in [9.17, 15) is 5.48 Å². The fourth-order valence-corrected chi connectivity index (χ4v) is 10.8. The second-order valence-corrected chi connectivity index (χ2v) is 22.1. The van der Waals surface area contributed by atoms with Gasteiger partial charge in [-0.15, -0.1) is 0 Å². The summed E-state index contributed by atoms with van der Waals surface area (Å²) in [5.74, 6) is 3.08. The minimum absolute atomic E-state index is 0.0823. The molecule has 0 atom stereocenters. The number of para-hydroxylation sites is 4. The highest BCUT2D eigenvalue weighted by molar-refractivity contribution is 6.09. The quantitative estimate of drug-likeness (QED) is 0.129. The molecule has 0 saturated heterocycles. The molecule has 80 heavy (non-hydrogen) atoms. The van der Waals surface area contributed by atoms with Gasteiger partial charge < -0.3 is 19.3 Å². The van der Waals surface area contributed by atoms with Crippen LogP contribution in [0, 0.1) is 0 Å². The van der Waals surface area contributed by atoms with Crippen LogP contribution in [-0.2, 0) is 10.8 Å². The summed E-state index contributed by atoms with van der Waals surface area (Å²) in [6.45, 7) is 13.1. The van der Waals surface area contributed by atoms with Crippen molar-refractivity contribution in [3.63, 3.8) is 0 Å². The Morgan fingerprint density at radius 1 is 0.425 bits per heavy atom. The van der Waals surface area contributed by atoms with E-state index in [0.717, 1.165) is 66.7 Å². The zero-order valence-corrected chi connectivity index (χ0v) is 45.3. The van der Waals surface area contributed by atoms with Gasteiger partial charge in [-0.05, 0) is 105 Å². The molecule has 0 bridgehead atoms. The van der Waals surface area contributed by atoms with Crippen molar-refractivity contribution < 1.29 is 23.2 Å². The normalized spacial score (nSPS) is 14.3. The van der Waals surface area contributed by atoms with Gasteiger partial charge in [0.05, 0.1) is 41.8 Å². The van der Waals surface area contributed by atoms with E-state index in [1.54, 1.807) is 24.4 Å². The first-order valence-electron chi connectivity index (χ1n) is 31.8. The minimum atomic E-state index is -0.559. The van der Waals surface area contributed by atoms with Gasteiger partial charge in [0, 0.05) is 63.1 Å². The molecule has 1 aliphatic heterocycles. The van der Waals surface area contributed by atoms with Crippen molar-refractivity contribution in [2.75, 3.05) is 16.5 Å². The molecule has 390 valence electrons. The number of pyridine rings is 1. The maximum absolute atomic E-state index is 9.19. The lowest BCUT2D eigenvalue weighted by atomic mass is 9.82. The highest BCUT2D eigenvalue weighted by Gasteiger charge is 2.33. The van der Waals surface area contributed by atoms with Crippen molar-refractivity contribution in [2.24, 2.45) is 0 Å². The van der Waals surface area contributed by atoms with Crippen LogP contribution in [0.25, 0.3) is 72.1 Å². The fraction of sp³-hybridized carbons (Fsp3) is 0.122. The van der Waals surface area contributed by atoms with Gasteiger partial charge in [-0.1, -0.05) is 211 Å². The van der Waals surface area contributed by atoms with E-state index in [-0.39, 0.29) is 45.4 Å². The molecule has 6 nitrogen and oxygen atoms in total. The molecule has 2 aromatic heterocycles. The fourth-order valence-electron chi connectivity index (χ4n) is 10.8. The Kier molecular flexibility index (Phi) is 10.1. The first-order valence-corrected chi connectivity index (χ1v) is 26.8. The van der Waals surface area contributed by atoms with Crippen molar-refractivity contribution in [3.05, 3.63) is 266 Å². The van der Waals surface area contributed by atoms with Crippen LogP contribution in [0.1, 0.15) is 66.4 Å². The van der Waals surface area contributed by atoms with Crippen LogP contribution in [0.5, 0.6) is 23.0 Å². The molecule has 0 fully saturated rings. The van der Waals surface area contributed by atoms with Crippen molar-refractivity contribution >= 4 is 44.6 Å². The average molecular weight is 1050 g/mol. The molecular formula is C74H62N4O2. The van der Waals surface area contributed by atoms with Crippen molar-refractivity contribution in [1.29, 1.82) is 0 Å². The molecule has 0 spiro atoms. The van der Waals surface area contributed by atoms with Crippen molar-refractivity contribution in [3.8, 4) is 73.3 Å². The standard InChI is InChI=1S/C74H62N4O2/c1-73(2,3)54-42-56(76-49-77(68-37-22-21-36-67(68)76)71-60(50-24-11-7-12-25-50)33-23-34-61(71)51-26-13-8-14-27-51)46-59(43-54)79-57-38-39-63-62-32-19-20-35-66(62)78(69(63)47-57)70-48-58(40-41-75-70)80-72-64(52-28-15-9-16-29-52)44-55(74(4,5)6)45-65(72)53-30-17-10-18-31-53/h7-48H,49H2,1-6H3/i7D,8D,11D,12D,13D,14D,24D,25D,26D,27D. The molecule has 10 aromatic carbocycles. The third-order valence-electron chi connectivity index (χ3n) is 14.8. The number of aromatic nitrogens is 2. The Bertz CT molecular complexity index is 4660. The topological polar surface area (TPSA) is 42.8 Å². The Balaban J connectivity index is 0.921. The largest absolute Gasteiger partial charge is 0.457 e. The number of fused-ring (bicyclic) bond motifs is 4. The van der Waals surface area contributed by atoms with Crippen LogP contribution in [0.2, 0.25) is 0 Å². The number of hydrogen-bond acceptors (Lipinski definition) is 5. The van der Waals surface area contributed by atoms with E-state index in [4.69, 9.17) is 22.7 Å². The second kappa shape index (κ2) is 20.3. The molecule has 0 unspecified atom stereocenters. The summed E-state index contributed by atoms with van der Waals surface area (Å²) in [5, 5.41) is 2.02. The Morgan fingerprint density at radius 2 is 0.975 bits per heavy atom. The van der Waals surface area contributed by atoms with E-state index in [1.807, 2.05) is 114 Å². The van der Waals surface area contributed by atoms with Crippen LogP contribution >= 0.6 is 0 Å². The van der Waals surface area contributed by atoms with Crippen LogP contribution in [0.15, 0.2) is 255 Å². The molecule has 12 aromatic rings. The van der Waals surface area contributed by atoms with Gasteiger partial charge >= 0.3 is 0 Å². The van der Waals surface area contributed by atoms with Gasteiger partial charge in [0.2, 0.25) is 0 Å². The molecule has 0 radical (unpaired) electrons. The number of nitrogens with zero attached hydrogens (tertiary/aromatic N) is 4. The zero-order chi connectivity index (χ0) is 63.2. The van der Waals surface area contributed by atoms with E-state index in [0.29, 0.717) is 28.8 Å². The lowest BCUT2D eigenvalue weighted by Gasteiger charge is -2.28. The molecule has 6 heteroatoms. The molecule has 1 aliphatic rings. The summed E-state index contributed by atoms with van der Waals surface area (Å²) in [5.41, 5.74) is 10.1. The van der Waals surface area contributed by atoms with E-state index in [2.05, 4.69) is 112 Å². The van der Waals surface area contributed by atoms with Crippen LogP contribution < -0.4 is 19.3 Å². The molecule has 3 heterocycles.